The number of carbonyl (C=O) groups excluding carboxylic acids is 1. The van der Waals surface area contributed by atoms with Crippen LogP contribution in [0.3, 0.4) is 0 Å². The minimum Gasteiger partial charge on any atom is -0.493 e. The van der Waals surface area contributed by atoms with E-state index in [4.69, 9.17) is 23.7 Å². The highest BCUT2D eigenvalue weighted by molar-refractivity contribution is 5.96. The molecule has 0 radical (unpaired) electrons. The summed E-state index contributed by atoms with van der Waals surface area (Å²) in [5, 5.41) is 0. The third-order valence-electron chi connectivity index (χ3n) is 5.02. The molecule has 0 amide bonds. The van der Waals surface area contributed by atoms with Crippen molar-refractivity contribution in [2.45, 2.75) is 13.3 Å². The number of hydrogen-bond donors (Lipinski definition) is 0. The van der Waals surface area contributed by atoms with Gasteiger partial charge in [-0.05, 0) is 60.4 Å². The van der Waals surface area contributed by atoms with E-state index in [0.717, 1.165) is 28.2 Å². The van der Waals surface area contributed by atoms with E-state index < -0.39 is 0 Å². The fourth-order valence-electron chi connectivity index (χ4n) is 3.66. The molecule has 2 aliphatic heterocycles. The molecule has 0 aromatic heterocycles. The smallest absolute Gasteiger partial charge is 0.334 e. The third-order valence-corrected chi connectivity index (χ3v) is 5.02. The highest BCUT2D eigenvalue weighted by Gasteiger charge is 2.31. The van der Waals surface area contributed by atoms with Gasteiger partial charge in [0.1, 0.15) is 0 Å². The molecule has 1 atom stereocenters. The summed E-state index contributed by atoms with van der Waals surface area (Å²) in [4.78, 5) is 12.3. The monoisotopic (exact) mass is 382 g/mol. The van der Waals surface area contributed by atoms with Crippen LogP contribution in [0.1, 0.15) is 16.7 Å². The third kappa shape index (κ3) is 3.38. The molecule has 6 nitrogen and oxygen atoms in total. The van der Waals surface area contributed by atoms with Gasteiger partial charge in [0.2, 0.25) is 6.79 Å². The lowest BCUT2D eigenvalue weighted by Crippen LogP contribution is -2.07. The summed E-state index contributed by atoms with van der Waals surface area (Å²) in [5.74, 6) is 2.51. The van der Waals surface area contributed by atoms with Crippen LogP contribution < -0.4 is 18.9 Å². The van der Waals surface area contributed by atoms with Gasteiger partial charge < -0.3 is 23.7 Å². The minimum atomic E-state index is -0.279. The van der Waals surface area contributed by atoms with Gasteiger partial charge in [0, 0.05) is 11.5 Å². The first kappa shape index (κ1) is 18.2. The number of carbonyl (C=O) groups is 1. The molecule has 1 fully saturated rings. The van der Waals surface area contributed by atoms with E-state index in [9.17, 15) is 4.79 Å². The standard InChI is InChI=1S/C22H22O6/c1-13-6-15(10-20(24-2)21(13)25-3)8-17-16(11-26-22(17)23)7-14-4-5-18-19(9-14)28-12-27-18/h4-6,8-10,16H,7,11-12H2,1-3H3/b17-8-/t16-/m0/s1. The zero-order valence-electron chi connectivity index (χ0n) is 16.1. The highest BCUT2D eigenvalue weighted by Crippen LogP contribution is 2.36. The van der Waals surface area contributed by atoms with Crippen molar-refractivity contribution < 1.29 is 28.5 Å². The predicted octanol–water partition coefficient (Wildman–Crippen LogP) is 3.54. The molecule has 146 valence electrons. The summed E-state index contributed by atoms with van der Waals surface area (Å²) < 4.78 is 26.9. The first-order chi connectivity index (χ1) is 13.6. The topological polar surface area (TPSA) is 63.2 Å². The van der Waals surface area contributed by atoms with Crippen LogP contribution in [-0.4, -0.2) is 33.6 Å². The van der Waals surface area contributed by atoms with E-state index in [0.29, 0.717) is 30.1 Å². The van der Waals surface area contributed by atoms with E-state index in [1.54, 1.807) is 14.2 Å². The van der Waals surface area contributed by atoms with Crippen molar-refractivity contribution in [2.24, 2.45) is 5.92 Å². The number of ether oxygens (including phenoxy) is 5. The van der Waals surface area contributed by atoms with Gasteiger partial charge in [-0.2, -0.15) is 0 Å². The van der Waals surface area contributed by atoms with Gasteiger partial charge in [0.15, 0.2) is 23.0 Å². The molecule has 2 aromatic rings. The predicted molar refractivity (Wildman–Crippen MR) is 103 cm³/mol. The summed E-state index contributed by atoms with van der Waals surface area (Å²) in [5.41, 5.74) is 3.54. The van der Waals surface area contributed by atoms with Crippen molar-refractivity contribution in [1.29, 1.82) is 0 Å². The normalized spacial score (nSPS) is 19.0. The van der Waals surface area contributed by atoms with Crippen LogP contribution in [0.5, 0.6) is 23.0 Å². The Morgan fingerprint density at radius 1 is 1.07 bits per heavy atom. The number of hydrogen-bond acceptors (Lipinski definition) is 6. The molecule has 6 heteroatoms. The SMILES string of the molecule is COc1cc(/C=C2\C(=O)OC[C@@H]2Cc2ccc3c(c2)OCO3)cc(C)c1OC. The molecule has 0 saturated carbocycles. The summed E-state index contributed by atoms with van der Waals surface area (Å²) in [7, 11) is 3.21. The molecule has 2 aliphatic rings. The van der Waals surface area contributed by atoms with Gasteiger partial charge >= 0.3 is 5.97 Å². The Labute approximate surface area is 163 Å². The minimum absolute atomic E-state index is 0.0266. The maximum Gasteiger partial charge on any atom is 0.334 e. The first-order valence-electron chi connectivity index (χ1n) is 9.09. The molecule has 0 N–H and O–H groups in total. The Morgan fingerprint density at radius 3 is 2.68 bits per heavy atom. The van der Waals surface area contributed by atoms with Gasteiger partial charge in [-0.25, -0.2) is 4.79 Å². The van der Waals surface area contributed by atoms with E-state index in [-0.39, 0.29) is 18.7 Å². The average Bonchev–Trinajstić information content (AvgIpc) is 3.29. The van der Waals surface area contributed by atoms with Gasteiger partial charge in [0.05, 0.1) is 20.8 Å². The number of fused-ring (bicyclic) bond motifs is 1. The van der Waals surface area contributed by atoms with Crippen LogP contribution in [0.4, 0.5) is 0 Å². The van der Waals surface area contributed by atoms with Crippen molar-refractivity contribution in [2.75, 3.05) is 27.6 Å². The van der Waals surface area contributed by atoms with Crippen LogP contribution >= 0.6 is 0 Å². The van der Waals surface area contributed by atoms with E-state index in [1.165, 1.54) is 0 Å². The number of rotatable bonds is 5. The van der Waals surface area contributed by atoms with Crippen LogP contribution in [0.25, 0.3) is 6.08 Å². The molecule has 0 unspecified atom stereocenters. The molecule has 4 rings (SSSR count). The Kier molecular flexibility index (Phi) is 4.86. The van der Waals surface area contributed by atoms with E-state index >= 15 is 0 Å². The van der Waals surface area contributed by atoms with Crippen LogP contribution in [0, 0.1) is 12.8 Å². The second-order valence-corrected chi connectivity index (χ2v) is 6.86. The lowest BCUT2D eigenvalue weighted by molar-refractivity contribution is -0.135. The molecule has 0 spiro atoms. The van der Waals surface area contributed by atoms with Gasteiger partial charge in [-0.1, -0.05) is 6.07 Å². The van der Waals surface area contributed by atoms with E-state index in [1.807, 2.05) is 43.3 Å². The van der Waals surface area contributed by atoms with Crippen molar-refractivity contribution in [3.8, 4) is 23.0 Å². The van der Waals surface area contributed by atoms with Gasteiger partial charge in [-0.15, -0.1) is 0 Å². The summed E-state index contributed by atoms with van der Waals surface area (Å²) in [6, 6.07) is 9.69. The number of methoxy groups -OCH3 is 2. The number of aryl methyl sites for hydroxylation is 1. The number of esters is 1. The van der Waals surface area contributed by atoms with Gasteiger partial charge in [0.25, 0.3) is 0 Å². The quantitative estimate of drug-likeness (QED) is 0.582. The fourth-order valence-corrected chi connectivity index (χ4v) is 3.66. The lowest BCUT2D eigenvalue weighted by atomic mass is 9.92. The van der Waals surface area contributed by atoms with Crippen LogP contribution in [0.2, 0.25) is 0 Å². The summed E-state index contributed by atoms with van der Waals surface area (Å²) in [6.07, 6.45) is 2.56. The van der Waals surface area contributed by atoms with Crippen LogP contribution in [0.15, 0.2) is 35.9 Å². The molecular weight excluding hydrogens is 360 g/mol. The van der Waals surface area contributed by atoms with E-state index in [2.05, 4.69) is 0 Å². The molecular formula is C22H22O6. The van der Waals surface area contributed by atoms with Crippen LogP contribution in [-0.2, 0) is 16.0 Å². The molecule has 2 heterocycles. The number of cyclic esters (lactones) is 1. The Bertz CT molecular complexity index is 946. The second kappa shape index (κ2) is 7.46. The fraction of sp³-hybridized carbons (Fsp3) is 0.318. The second-order valence-electron chi connectivity index (χ2n) is 6.86. The molecule has 0 bridgehead atoms. The largest absolute Gasteiger partial charge is 0.493 e. The van der Waals surface area contributed by atoms with Gasteiger partial charge in [-0.3, -0.25) is 0 Å². The Hall–Kier alpha value is -3.15. The van der Waals surface area contributed by atoms with Crippen molar-refractivity contribution >= 4 is 12.0 Å². The van der Waals surface area contributed by atoms with Crippen molar-refractivity contribution in [3.05, 3.63) is 52.6 Å². The summed E-state index contributed by atoms with van der Waals surface area (Å²) >= 11 is 0. The van der Waals surface area contributed by atoms with Crippen molar-refractivity contribution in [3.63, 3.8) is 0 Å². The molecule has 1 saturated heterocycles. The lowest BCUT2D eigenvalue weighted by Gasteiger charge is -2.13. The van der Waals surface area contributed by atoms with Crippen molar-refractivity contribution in [1.82, 2.24) is 0 Å². The Balaban J connectivity index is 1.62. The molecule has 0 aliphatic carbocycles. The maximum absolute atomic E-state index is 12.3. The highest BCUT2D eigenvalue weighted by atomic mass is 16.7. The maximum atomic E-state index is 12.3. The zero-order valence-corrected chi connectivity index (χ0v) is 16.1. The molecule has 28 heavy (non-hydrogen) atoms. The number of benzene rings is 2. The first-order valence-corrected chi connectivity index (χ1v) is 9.09. The Morgan fingerprint density at radius 2 is 1.89 bits per heavy atom. The average molecular weight is 382 g/mol. The molecule has 2 aromatic carbocycles. The summed E-state index contributed by atoms with van der Waals surface area (Å²) in [6.45, 7) is 2.55. The zero-order chi connectivity index (χ0) is 19.7.